The molecular formula is C35H52N12O4. The Bertz CT molecular complexity index is 1700. The SMILES string of the molecule is C.C.CC(C)(C)OC(=O)N1CCC(c2ccccc2)(c2nnn(CC(N)=O)n2)CC1.NC(=O)Cn1nnc(C2(c3ccccc3)CCNCC2)n1. The lowest BCUT2D eigenvalue weighted by Gasteiger charge is -2.40. The van der Waals surface area contributed by atoms with Crippen molar-refractivity contribution in [3.8, 4) is 0 Å². The van der Waals surface area contributed by atoms with Gasteiger partial charge in [0.1, 0.15) is 18.7 Å². The third-order valence-corrected chi connectivity index (χ3v) is 8.73. The van der Waals surface area contributed by atoms with E-state index >= 15 is 0 Å². The molecule has 0 radical (unpaired) electrons. The number of ether oxygens (including phenoxy) is 1. The second-order valence-electron chi connectivity index (χ2n) is 13.3. The van der Waals surface area contributed by atoms with Gasteiger partial charge in [-0.2, -0.15) is 9.59 Å². The molecule has 2 aliphatic rings. The van der Waals surface area contributed by atoms with E-state index in [-0.39, 0.29) is 39.5 Å². The summed E-state index contributed by atoms with van der Waals surface area (Å²) in [4.78, 5) is 38.8. The minimum atomic E-state index is -0.538. The summed E-state index contributed by atoms with van der Waals surface area (Å²) >= 11 is 0. The highest BCUT2D eigenvalue weighted by molar-refractivity contribution is 5.73. The van der Waals surface area contributed by atoms with Gasteiger partial charge in [0.25, 0.3) is 0 Å². The fourth-order valence-corrected chi connectivity index (χ4v) is 6.33. The molecule has 2 aromatic carbocycles. The average Bonchev–Trinajstić information content (AvgIpc) is 3.75. The highest BCUT2D eigenvalue weighted by Gasteiger charge is 2.43. The summed E-state index contributed by atoms with van der Waals surface area (Å²) in [6.07, 6.45) is 2.73. The third kappa shape index (κ3) is 9.72. The quantitative estimate of drug-likeness (QED) is 0.242. The zero-order valence-corrected chi connectivity index (χ0v) is 28.2. The number of hydrogen-bond acceptors (Lipinski definition) is 11. The molecule has 2 aromatic heterocycles. The number of primary amides is 2. The Morgan fingerprint density at radius 1 is 0.725 bits per heavy atom. The number of tetrazole rings is 2. The van der Waals surface area contributed by atoms with E-state index in [1.54, 1.807) is 4.90 Å². The maximum atomic E-state index is 12.4. The van der Waals surface area contributed by atoms with Crippen LogP contribution in [0.25, 0.3) is 0 Å². The first-order valence-electron chi connectivity index (χ1n) is 16.3. The number of likely N-dealkylation sites (tertiary alicyclic amines) is 1. The summed E-state index contributed by atoms with van der Waals surface area (Å²) in [5.41, 5.74) is 11.4. The van der Waals surface area contributed by atoms with E-state index < -0.39 is 22.8 Å². The highest BCUT2D eigenvalue weighted by Crippen LogP contribution is 2.40. The molecule has 3 amide bonds. The Labute approximate surface area is 299 Å². The molecule has 0 spiro atoms. The maximum Gasteiger partial charge on any atom is 0.410 e. The summed E-state index contributed by atoms with van der Waals surface area (Å²) in [6.45, 7) is 8.21. The first kappa shape index (κ1) is 40.2. The molecule has 276 valence electrons. The number of benzene rings is 2. The molecule has 0 atom stereocenters. The van der Waals surface area contributed by atoms with E-state index in [1.807, 2.05) is 69.3 Å². The number of hydrogen-bond donors (Lipinski definition) is 3. The Hall–Kier alpha value is -5.25. The highest BCUT2D eigenvalue weighted by atomic mass is 16.6. The van der Waals surface area contributed by atoms with Crippen molar-refractivity contribution in [2.45, 2.75) is 90.8 Å². The number of aromatic nitrogens is 8. The molecule has 5 N–H and O–H groups in total. The zero-order valence-electron chi connectivity index (χ0n) is 28.2. The predicted octanol–water partition coefficient (Wildman–Crippen LogP) is 2.58. The van der Waals surface area contributed by atoms with Crippen molar-refractivity contribution in [1.82, 2.24) is 50.6 Å². The summed E-state index contributed by atoms with van der Waals surface area (Å²) in [7, 11) is 0. The minimum absolute atomic E-state index is 0. The van der Waals surface area contributed by atoms with Crippen molar-refractivity contribution in [1.29, 1.82) is 0 Å². The van der Waals surface area contributed by atoms with Gasteiger partial charge in [-0.15, -0.1) is 20.4 Å². The molecular weight excluding hydrogens is 652 g/mol. The predicted molar refractivity (Wildman–Crippen MR) is 191 cm³/mol. The van der Waals surface area contributed by atoms with Crippen LogP contribution in [0.5, 0.6) is 0 Å². The van der Waals surface area contributed by atoms with Crippen molar-refractivity contribution in [3.63, 3.8) is 0 Å². The van der Waals surface area contributed by atoms with Gasteiger partial charge in [0, 0.05) is 13.1 Å². The van der Waals surface area contributed by atoms with Gasteiger partial charge in [0.2, 0.25) is 11.8 Å². The van der Waals surface area contributed by atoms with Gasteiger partial charge in [-0.3, -0.25) is 9.59 Å². The van der Waals surface area contributed by atoms with Crippen molar-refractivity contribution in [2.24, 2.45) is 11.5 Å². The molecule has 4 heterocycles. The van der Waals surface area contributed by atoms with E-state index in [1.165, 1.54) is 15.2 Å². The lowest BCUT2D eigenvalue weighted by molar-refractivity contribution is -0.119. The summed E-state index contributed by atoms with van der Waals surface area (Å²) < 4.78 is 5.49. The molecule has 2 aliphatic heterocycles. The summed E-state index contributed by atoms with van der Waals surface area (Å²) in [5.74, 6) is 0.190. The van der Waals surface area contributed by atoms with Crippen LogP contribution in [0.2, 0.25) is 0 Å². The van der Waals surface area contributed by atoms with Crippen LogP contribution in [-0.4, -0.2) is 95.0 Å². The standard InChI is InChI=1S/C19H26N6O3.C14H18N6O.2CH4/c1-18(2,3)28-17(27)24-11-9-19(10-12-24,14-7-5-4-6-8-14)16-21-23-25(22-16)13-15(20)26;15-12(21)10-20-18-13(17-19-20)14(6-8-16-9-7-14)11-4-2-1-3-5-11;;/h4-8H,9-13H2,1-3H3,(H2,20,26);1-5,16H,6-10H2,(H2,15,21);2*1H4. The fraction of sp³-hybridized carbons (Fsp3) is 0.514. The Morgan fingerprint density at radius 2 is 1.14 bits per heavy atom. The van der Waals surface area contributed by atoms with Crippen molar-refractivity contribution in [2.75, 3.05) is 26.2 Å². The number of amides is 3. The van der Waals surface area contributed by atoms with E-state index in [9.17, 15) is 14.4 Å². The van der Waals surface area contributed by atoms with Crippen molar-refractivity contribution in [3.05, 3.63) is 83.4 Å². The van der Waals surface area contributed by atoms with Crippen LogP contribution in [0.1, 0.15) is 84.1 Å². The van der Waals surface area contributed by atoms with Crippen LogP contribution in [0.15, 0.2) is 60.7 Å². The minimum Gasteiger partial charge on any atom is -0.444 e. The largest absolute Gasteiger partial charge is 0.444 e. The number of nitrogens with zero attached hydrogens (tertiary/aromatic N) is 9. The van der Waals surface area contributed by atoms with E-state index in [2.05, 4.69) is 48.3 Å². The summed E-state index contributed by atoms with van der Waals surface area (Å²) in [5, 5.41) is 28.5. The van der Waals surface area contributed by atoms with Gasteiger partial charge in [0.05, 0.1) is 10.8 Å². The Balaban J connectivity index is 0.000000274. The van der Waals surface area contributed by atoms with Gasteiger partial charge in [-0.1, -0.05) is 75.5 Å². The van der Waals surface area contributed by atoms with Crippen LogP contribution in [0.4, 0.5) is 4.79 Å². The van der Waals surface area contributed by atoms with Crippen molar-refractivity contribution >= 4 is 17.9 Å². The molecule has 4 aromatic rings. The van der Waals surface area contributed by atoms with E-state index in [0.717, 1.165) is 31.5 Å². The van der Waals surface area contributed by atoms with Gasteiger partial charge in [0.15, 0.2) is 11.6 Å². The molecule has 0 aliphatic carbocycles. The van der Waals surface area contributed by atoms with Crippen LogP contribution in [0, 0.1) is 0 Å². The first-order chi connectivity index (χ1) is 23.4. The number of carbonyl (C=O) groups excluding carboxylic acids is 3. The second-order valence-corrected chi connectivity index (χ2v) is 13.3. The Morgan fingerprint density at radius 3 is 1.53 bits per heavy atom. The maximum absolute atomic E-state index is 12.4. The molecule has 2 saturated heterocycles. The normalized spacial score (nSPS) is 16.3. The lowest BCUT2D eigenvalue weighted by Crippen LogP contribution is -2.47. The average molecular weight is 705 g/mol. The summed E-state index contributed by atoms with van der Waals surface area (Å²) in [6, 6.07) is 20.2. The lowest BCUT2D eigenvalue weighted by atomic mass is 9.72. The van der Waals surface area contributed by atoms with Crippen LogP contribution in [-0.2, 0) is 38.2 Å². The molecule has 2 fully saturated rings. The van der Waals surface area contributed by atoms with E-state index in [4.69, 9.17) is 16.2 Å². The van der Waals surface area contributed by atoms with Crippen LogP contribution < -0.4 is 16.8 Å². The molecule has 51 heavy (non-hydrogen) atoms. The molecule has 16 heteroatoms. The third-order valence-electron chi connectivity index (χ3n) is 8.73. The molecule has 0 saturated carbocycles. The van der Waals surface area contributed by atoms with Gasteiger partial charge in [-0.05, 0) is 81.1 Å². The smallest absolute Gasteiger partial charge is 0.410 e. The number of nitrogens with two attached hydrogens (primary N) is 2. The van der Waals surface area contributed by atoms with Gasteiger partial charge < -0.3 is 26.4 Å². The monoisotopic (exact) mass is 704 g/mol. The topological polar surface area (TPSA) is 215 Å². The number of piperidine rings is 2. The zero-order chi connectivity index (χ0) is 35.1. The molecule has 0 unspecified atom stereocenters. The van der Waals surface area contributed by atoms with E-state index in [0.29, 0.717) is 37.6 Å². The Kier molecular flexibility index (Phi) is 13.5. The van der Waals surface area contributed by atoms with Crippen LogP contribution >= 0.6 is 0 Å². The van der Waals surface area contributed by atoms with Gasteiger partial charge in [-0.25, -0.2) is 4.79 Å². The molecule has 0 bridgehead atoms. The number of carbonyl (C=O) groups is 3. The number of nitrogens with one attached hydrogen (secondary N) is 1. The molecule has 16 nitrogen and oxygen atoms in total. The first-order valence-corrected chi connectivity index (χ1v) is 16.3. The fourth-order valence-electron chi connectivity index (χ4n) is 6.33. The van der Waals surface area contributed by atoms with Gasteiger partial charge >= 0.3 is 6.09 Å². The number of rotatable bonds is 8. The molecule has 6 rings (SSSR count). The van der Waals surface area contributed by atoms with Crippen LogP contribution in [0.3, 0.4) is 0 Å². The van der Waals surface area contributed by atoms with Crippen molar-refractivity contribution < 1.29 is 19.1 Å². The second kappa shape index (κ2) is 17.1.